The van der Waals surface area contributed by atoms with E-state index >= 15 is 0 Å². The average molecular weight is 640 g/mol. The summed E-state index contributed by atoms with van der Waals surface area (Å²) < 4.78 is 0. The number of carboxylic acids is 1. The molecule has 1 saturated carbocycles. The lowest BCUT2D eigenvalue weighted by atomic mass is 9.54. The van der Waals surface area contributed by atoms with Gasteiger partial charge >= 0.3 is 5.97 Å². The number of Topliss-reactive ketones (excluding diaryl/α,β-unsaturated/α-hetero) is 2. The van der Waals surface area contributed by atoms with Gasteiger partial charge in [-0.05, 0) is 70.2 Å². The maximum Gasteiger partial charge on any atom is 0.321 e. The van der Waals surface area contributed by atoms with Crippen molar-refractivity contribution in [3.05, 3.63) is 76.1 Å². The number of aromatic hydroxyl groups is 2. The molecule has 0 bridgehead atoms. The Morgan fingerprint density at radius 1 is 1.04 bits per heavy atom. The van der Waals surface area contributed by atoms with E-state index in [1.807, 2.05) is 0 Å². The minimum Gasteiger partial charge on any atom is -0.508 e. The molecule has 14 nitrogen and oxygen atoms in total. The van der Waals surface area contributed by atoms with Gasteiger partial charge in [-0.3, -0.25) is 24.1 Å². The van der Waals surface area contributed by atoms with Gasteiger partial charge in [0.05, 0.1) is 17.2 Å². The molecule has 46 heavy (non-hydrogen) atoms. The van der Waals surface area contributed by atoms with Gasteiger partial charge < -0.3 is 46.8 Å². The number of aliphatic carboxylic acids is 1. The van der Waals surface area contributed by atoms with Gasteiger partial charge in [0.1, 0.15) is 34.6 Å². The third-order valence-electron chi connectivity index (χ3n) is 9.04. The van der Waals surface area contributed by atoms with Crippen LogP contribution >= 0.6 is 0 Å². The predicted molar refractivity (Wildman–Crippen MR) is 162 cm³/mol. The molecule has 1 unspecified atom stereocenters. The zero-order valence-electron chi connectivity index (χ0n) is 25.6. The zero-order valence-corrected chi connectivity index (χ0v) is 25.6. The molecule has 2 aromatic carbocycles. The Hall–Kier alpha value is -4.76. The molecule has 1 fully saturated rings. The number of likely N-dealkylation sites (N-methyl/N-ethyl adjacent to an activating group) is 2. The van der Waals surface area contributed by atoms with Crippen LogP contribution in [0.2, 0.25) is 0 Å². The molecule has 0 heterocycles. The minimum atomic E-state index is -2.75. The van der Waals surface area contributed by atoms with Crippen LogP contribution in [-0.4, -0.2) is 103 Å². The molecule has 6 atom stereocenters. The van der Waals surface area contributed by atoms with Crippen molar-refractivity contribution < 1.29 is 54.9 Å². The summed E-state index contributed by atoms with van der Waals surface area (Å²) in [5.41, 5.74) is 0.331. The fourth-order valence-electron chi connectivity index (χ4n) is 6.68. The summed E-state index contributed by atoms with van der Waals surface area (Å²) in [6.45, 7) is 1.40. The summed E-state index contributed by atoms with van der Waals surface area (Å²) in [6.07, 6.45) is 0.209. The number of hydrogen-bond donors (Lipinski definition) is 9. The molecule has 0 aromatic heterocycles. The lowest BCUT2D eigenvalue weighted by Gasteiger charge is -2.53. The molecule has 0 saturated heterocycles. The summed E-state index contributed by atoms with van der Waals surface area (Å²) in [4.78, 5) is 50.7. The van der Waals surface area contributed by atoms with Crippen molar-refractivity contribution in [2.75, 3.05) is 21.1 Å². The van der Waals surface area contributed by atoms with Crippen LogP contribution in [0.5, 0.6) is 11.5 Å². The van der Waals surface area contributed by atoms with Gasteiger partial charge in [-0.2, -0.15) is 0 Å². The molecule has 3 aliphatic rings. The summed E-state index contributed by atoms with van der Waals surface area (Å²) >= 11 is 0. The second-order valence-electron chi connectivity index (χ2n) is 12.0. The number of carbonyl (C=O) groups excluding carboxylic acids is 3. The number of aliphatic hydroxyl groups is 4. The van der Waals surface area contributed by atoms with E-state index in [-0.39, 0.29) is 23.3 Å². The fourth-order valence-corrected chi connectivity index (χ4v) is 6.68. The van der Waals surface area contributed by atoms with Crippen molar-refractivity contribution in [1.29, 1.82) is 0 Å². The molecule has 2 aromatic rings. The van der Waals surface area contributed by atoms with E-state index in [0.29, 0.717) is 6.42 Å². The predicted octanol–water partition coefficient (Wildman–Crippen LogP) is 0.236. The topological polar surface area (TPSA) is 251 Å². The van der Waals surface area contributed by atoms with E-state index in [2.05, 4.69) is 5.32 Å². The highest BCUT2D eigenvalue weighted by Gasteiger charge is 2.66. The van der Waals surface area contributed by atoms with Crippen LogP contribution in [0.1, 0.15) is 30.0 Å². The quantitative estimate of drug-likeness (QED) is 0.192. The Morgan fingerprint density at radius 3 is 2.17 bits per heavy atom. The number of nitrogens with two attached hydrogens (primary N) is 1. The number of aliphatic hydroxyl groups excluding tert-OH is 2. The second-order valence-corrected chi connectivity index (χ2v) is 12.0. The smallest absolute Gasteiger partial charge is 0.321 e. The molecule has 1 amide bonds. The first kappa shape index (κ1) is 34.1. The molecule has 3 aliphatic carbocycles. The third-order valence-corrected chi connectivity index (χ3v) is 9.04. The molecule has 0 radical (unpaired) electrons. The number of phenols is 2. The number of primary amides is 1. The fraction of sp³-hybridized carbons (Fsp3) is 0.375. The number of benzene rings is 2. The van der Waals surface area contributed by atoms with Gasteiger partial charge in [0.15, 0.2) is 11.4 Å². The first-order valence-electron chi connectivity index (χ1n) is 14.3. The van der Waals surface area contributed by atoms with Crippen molar-refractivity contribution in [2.24, 2.45) is 17.6 Å². The van der Waals surface area contributed by atoms with Crippen LogP contribution in [0.25, 0.3) is 5.76 Å². The first-order valence-corrected chi connectivity index (χ1v) is 14.3. The molecule has 5 rings (SSSR count). The summed E-state index contributed by atoms with van der Waals surface area (Å²) in [7, 11) is 4.62. The van der Waals surface area contributed by atoms with Crippen molar-refractivity contribution in [1.82, 2.24) is 10.2 Å². The number of ketones is 2. The summed E-state index contributed by atoms with van der Waals surface area (Å²) in [5, 5.41) is 75.4. The molecule has 0 aliphatic heterocycles. The highest BCUT2D eigenvalue weighted by atomic mass is 16.4. The molecule has 14 heteroatoms. The standard InChI is InChI=1S/C22H24N2O8.C10H13NO3/c1-21(31)8-5-4-6-11(25)12(8)16(26)13-9(21)7-10-15(24(2)3)17(27)14(20(23)30)19(29)22(10,32)18(13)28;1-11-9(10(13)14)6-7-2-4-8(12)5-3-7/h4-6,9-10,15,25-26,29,31-32H,7H2,1-3H3,(H2,23,30);2-5,9,11-12H,6H2,1H3,(H,13,14)/t9-,10-,15-,21+,22-;/m0./s1. The normalized spacial score (nSPS) is 27.7. The monoisotopic (exact) mass is 639 g/mol. The van der Waals surface area contributed by atoms with E-state index in [1.165, 1.54) is 44.1 Å². The molecular formula is C32H37N3O11. The van der Waals surface area contributed by atoms with Gasteiger partial charge in [-0.1, -0.05) is 24.3 Å². The zero-order chi connectivity index (χ0) is 34.5. The van der Waals surface area contributed by atoms with Crippen LogP contribution in [-0.2, 0) is 31.2 Å². The summed E-state index contributed by atoms with van der Waals surface area (Å²) in [5.74, 6) is -8.59. The Kier molecular flexibility index (Phi) is 9.06. The Bertz CT molecular complexity index is 1660. The maximum atomic E-state index is 13.7. The van der Waals surface area contributed by atoms with Gasteiger partial charge in [0, 0.05) is 17.4 Å². The van der Waals surface area contributed by atoms with Crippen LogP contribution in [0, 0.1) is 11.8 Å². The molecular weight excluding hydrogens is 602 g/mol. The number of fused-ring (bicyclic) bond motifs is 3. The van der Waals surface area contributed by atoms with Gasteiger partial charge in [-0.15, -0.1) is 0 Å². The lowest BCUT2D eigenvalue weighted by Crippen LogP contribution is -2.67. The second kappa shape index (κ2) is 12.2. The van der Waals surface area contributed by atoms with Crippen LogP contribution in [0.4, 0.5) is 0 Å². The first-order chi connectivity index (χ1) is 21.4. The number of carboxylic acid groups (broad SMARTS) is 1. The SMILES string of the molecule is CN(C)[C@@H]1C(=O)C(C(N)=O)=C(O)[C@@]2(O)C(=O)C3=C(O)c4c(O)cccc4[C@@](C)(O)[C@H]3C[C@@H]12.CNC(Cc1ccc(O)cc1)C(=O)O. The minimum absolute atomic E-state index is 0.170. The van der Waals surface area contributed by atoms with Crippen molar-refractivity contribution in [3.8, 4) is 11.5 Å². The van der Waals surface area contributed by atoms with Gasteiger partial charge in [0.2, 0.25) is 5.78 Å². The molecule has 246 valence electrons. The number of phenolic OH excluding ortho intramolecular Hbond substituents is 2. The number of hydrogen-bond acceptors (Lipinski definition) is 12. The molecule has 10 N–H and O–H groups in total. The Balaban J connectivity index is 0.000000288. The number of nitrogens with zero attached hydrogens (tertiary/aromatic N) is 1. The van der Waals surface area contributed by atoms with E-state index in [9.17, 15) is 44.7 Å². The number of rotatable bonds is 6. The number of carbonyl (C=O) groups is 4. The molecule has 0 spiro atoms. The highest BCUT2D eigenvalue weighted by Crippen LogP contribution is 2.57. The van der Waals surface area contributed by atoms with E-state index in [0.717, 1.165) is 5.56 Å². The van der Waals surface area contributed by atoms with E-state index in [1.54, 1.807) is 31.3 Å². The van der Waals surface area contributed by atoms with Crippen molar-refractivity contribution in [3.63, 3.8) is 0 Å². The summed E-state index contributed by atoms with van der Waals surface area (Å²) in [6, 6.07) is 8.94. The van der Waals surface area contributed by atoms with E-state index in [4.69, 9.17) is 15.9 Å². The maximum absolute atomic E-state index is 13.7. The third kappa shape index (κ3) is 5.38. The largest absolute Gasteiger partial charge is 0.508 e. The van der Waals surface area contributed by atoms with Crippen LogP contribution in [0.3, 0.4) is 0 Å². The number of nitrogens with one attached hydrogen (secondary N) is 1. The van der Waals surface area contributed by atoms with E-state index < -0.39 is 87.0 Å². The van der Waals surface area contributed by atoms with Crippen molar-refractivity contribution in [2.45, 2.75) is 43.1 Å². The number of amides is 1. The average Bonchev–Trinajstić information content (AvgIpc) is 2.97. The van der Waals surface area contributed by atoms with Crippen LogP contribution in [0.15, 0.2) is 59.4 Å². The van der Waals surface area contributed by atoms with Gasteiger partial charge in [-0.25, -0.2) is 0 Å². The highest BCUT2D eigenvalue weighted by molar-refractivity contribution is 6.24. The van der Waals surface area contributed by atoms with Gasteiger partial charge in [0.25, 0.3) is 5.91 Å². The lowest BCUT2D eigenvalue weighted by molar-refractivity contribution is -0.159. The van der Waals surface area contributed by atoms with Crippen molar-refractivity contribution >= 4 is 29.2 Å². The Morgan fingerprint density at radius 2 is 1.65 bits per heavy atom. The Labute approximate surface area is 263 Å². The van der Waals surface area contributed by atoms with Crippen LogP contribution < -0.4 is 11.1 Å².